The maximum Gasteiger partial charge on any atom is 0.387 e. The molecule has 23 heavy (non-hydrogen) atoms. The summed E-state index contributed by atoms with van der Waals surface area (Å²) in [6, 6.07) is 2.96. The second-order valence-corrected chi connectivity index (χ2v) is 7.98. The summed E-state index contributed by atoms with van der Waals surface area (Å²) in [5.41, 5.74) is -0.216. The zero-order chi connectivity index (χ0) is 16.8. The lowest BCUT2D eigenvalue weighted by Crippen LogP contribution is -2.57. The molecule has 0 spiro atoms. The number of likely N-dealkylation sites (tertiary alicyclic amines) is 1. The molecule has 0 bridgehead atoms. The minimum Gasteiger partial charge on any atom is -0.435 e. The van der Waals surface area contributed by atoms with Gasteiger partial charge in [0.15, 0.2) is 9.84 Å². The molecule has 5 nitrogen and oxygen atoms in total. The van der Waals surface area contributed by atoms with Crippen LogP contribution in [0.3, 0.4) is 0 Å². The average Bonchev–Trinajstić information content (AvgIpc) is 2.33. The highest BCUT2D eigenvalue weighted by Crippen LogP contribution is 2.33. The Morgan fingerprint density at radius 3 is 2.39 bits per heavy atom. The Kier molecular flexibility index (Phi) is 3.99. The van der Waals surface area contributed by atoms with Gasteiger partial charge in [-0.3, -0.25) is 4.79 Å². The smallest absolute Gasteiger partial charge is 0.387 e. The SMILES string of the molecule is O=C(c1ccc(OC(F)F)cc1F)N1CC(C2CS(=O)(=O)C2)C1. The molecule has 2 saturated heterocycles. The Morgan fingerprint density at radius 1 is 1.22 bits per heavy atom. The summed E-state index contributed by atoms with van der Waals surface area (Å²) in [4.78, 5) is 13.6. The molecule has 0 aromatic heterocycles. The van der Waals surface area contributed by atoms with Crippen molar-refractivity contribution in [2.45, 2.75) is 6.61 Å². The van der Waals surface area contributed by atoms with Crippen LogP contribution in [0.5, 0.6) is 5.75 Å². The molecule has 0 saturated carbocycles. The van der Waals surface area contributed by atoms with Gasteiger partial charge in [-0.2, -0.15) is 8.78 Å². The lowest BCUT2D eigenvalue weighted by atomic mass is 9.87. The number of hydrogen-bond donors (Lipinski definition) is 0. The van der Waals surface area contributed by atoms with Gasteiger partial charge in [-0.05, 0) is 24.0 Å². The second-order valence-electron chi connectivity index (χ2n) is 5.83. The van der Waals surface area contributed by atoms with Crippen molar-refractivity contribution in [1.29, 1.82) is 0 Å². The van der Waals surface area contributed by atoms with Crippen LogP contribution in [0.15, 0.2) is 18.2 Å². The number of carbonyl (C=O) groups excluding carboxylic acids is 1. The van der Waals surface area contributed by atoms with E-state index in [9.17, 15) is 26.4 Å². The molecule has 9 heteroatoms. The van der Waals surface area contributed by atoms with Crippen molar-refractivity contribution in [3.8, 4) is 5.75 Å². The van der Waals surface area contributed by atoms with E-state index in [-0.39, 0.29) is 34.7 Å². The van der Waals surface area contributed by atoms with E-state index in [0.29, 0.717) is 13.1 Å². The summed E-state index contributed by atoms with van der Waals surface area (Å²) < 4.78 is 64.3. The third-order valence-electron chi connectivity index (χ3n) is 4.20. The van der Waals surface area contributed by atoms with Crippen LogP contribution in [0, 0.1) is 17.7 Å². The first kappa shape index (κ1) is 16.1. The summed E-state index contributed by atoms with van der Waals surface area (Å²) >= 11 is 0. The minimum absolute atomic E-state index is 0.0655. The van der Waals surface area contributed by atoms with Crippen molar-refractivity contribution in [2.24, 2.45) is 11.8 Å². The molecule has 1 aromatic carbocycles. The van der Waals surface area contributed by atoms with E-state index >= 15 is 0 Å². The molecule has 0 N–H and O–H groups in total. The van der Waals surface area contributed by atoms with Crippen LogP contribution < -0.4 is 4.74 Å². The molecule has 2 heterocycles. The van der Waals surface area contributed by atoms with Crippen LogP contribution >= 0.6 is 0 Å². The summed E-state index contributed by atoms with van der Waals surface area (Å²) in [7, 11) is -2.90. The van der Waals surface area contributed by atoms with Gasteiger partial charge in [0.05, 0.1) is 17.1 Å². The Balaban J connectivity index is 1.59. The maximum absolute atomic E-state index is 13.9. The maximum atomic E-state index is 13.9. The number of ether oxygens (including phenoxy) is 1. The lowest BCUT2D eigenvalue weighted by molar-refractivity contribution is -0.0500. The fraction of sp³-hybridized carbons (Fsp3) is 0.500. The first-order chi connectivity index (χ1) is 10.7. The summed E-state index contributed by atoms with van der Waals surface area (Å²) in [5.74, 6) is -1.34. The first-order valence-corrected chi connectivity index (χ1v) is 8.81. The first-order valence-electron chi connectivity index (χ1n) is 6.99. The van der Waals surface area contributed by atoms with Gasteiger partial charge in [-0.15, -0.1) is 0 Å². The van der Waals surface area contributed by atoms with Crippen LogP contribution in [0.1, 0.15) is 10.4 Å². The van der Waals surface area contributed by atoms with Gasteiger partial charge in [0, 0.05) is 19.2 Å². The van der Waals surface area contributed by atoms with E-state index in [1.54, 1.807) is 0 Å². The molecule has 0 atom stereocenters. The highest BCUT2D eigenvalue weighted by molar-refractivity contribution is 7.92. The molecular weight excluding hydrogens is 335 g/mol. The number of nitrogens with zero attached hydrogens (tertiary/aromatic N) is 1. The fourth-order valence-electron chi connectivity index (χ4n) is 2.87. The van der Waals surface area contributed by atoms with E-state index in [1.165, 1.54) is 4.90 Å². The van der Waals surface area contributed by atoms with Crippen molar-refractivity contribution in [1.82, 2.24) is 4.90 Å². The summed E-state index contributed by atoms with van der Waals surface area (Å²) in [6.45, 7) is -2.30. The van der Waals surface area contributed by atoms with Crippen molar-refractivity contribution >= 4 is 15.7 Å². The number of carbonyl (C=O) groups is 1. The molecule has 126 valence electrons. The Bertz CT molecular complexity index is 720. The minimum atomic E-state index is -3.06. The van der Waals surface area contributed by atoms with Gasteiger partial charge in [0.25, 0.3) is 5.91 Å². The van der Waals surface area contributed by atoms with Gasteiger partial charge in [0.1, 0.15) is 11.6 Å². The number of rotatable bonds is 4. The second kappa shape index (κ2) is 5.70. The molecule has 0 aliphatic carbocycles. The van der Waals surface area contributed by atoms with Gasteiger partial charge in [0.2, 0.25) is 0 Å². The third-order valence-corrected chi connectivity index (χ3v) is 6.07. The third kappa shape index (κ3) is 3.29. The molecule has 0 unspecified atom stereocenters. The Morgan fingerprint density at radius 2 is 1.87 bits per heavy atom. The number of sulfone groups is 1. The van der Waals surface area contributed by atoms with E-state index in [4.69, 9.17) is 0 Å². The number of halogens is 3. The largest absolute Gasteiger partial charge is 0.435 e. The van der Waals surface area contributed by atoms with Crippen molar-refractivity contribution < 1.29 is 31.1 Å². The highest BCUT2D eigenvalue weighted by atomic mass is 32.2. The normalized spacial score (nSPS) is 21.0. The molecule has 0 radical (unpaired) electrons. The number of alkyl halides is 2. The van der Waals surface area contributed by atoms with E-state index < -0.39 is 28.2 Å². The average molecular weight is 349 g/mol. The number of hydrogen-bond acceptors (Lipinski definition) is 4. The molecule has 1 amide bonds. The number of amides is 1. The van der Waals surface area contributed by atoms with Gasteiger partial charge in [-0.1, -0.05) is 0 Å². The molecule has 1 aromatic rings. The quantitative estimate of drug-likeness (QED) is 0.827. The zero-order valence-electron chi connectivity index (χ0n) is 11.9. The zero-order valence-corrected chi connectivity index (χ0v) is 12.7. The van der Waals surface area contributed by atoms with Crippen LogP contribution in [0.4, 0.5) is 13.2 Å². The topological polar surface area (TPSA) is 63.7 Å². The number of benzene rings is 1. The summed E-state index contributed by atoms with van der Waals surface area (Å²) in [5, 5.41) is 0. The van der Waals surface area contributed by atoms with Crippen LogP contribution in [0.2, 0.25) is 0 Å². The van der Waals surface area contributed by atoms with Crippen LogP contribution in [-0.2, 0) is 9.84 Å². The van der Waals surface area contributed by atoms with Crippen molar-refractivity contribution in [3.63, 3.8) is 0 Å². The Labute approximate surface area is 130 Å². The van der Waals surface area contributed by atoms with E-state index in [1.807, 2.05) is 0 Å². The van der Waals surface area contributed by atoms with E-state index in [0.717, 1.165) is 18.2 Å². The van der Waals surface area contributed by atoms with Crippen molar-refractivity contribution in [2.75, 3.05) is 24.6 Å². The standard InChI is InChI=1S/C14H14F3NO4S/c15-12-3-10(22-14(16)17)1-2-11(12)13(19)18-4-8(5-18)9-6-23(20,21)7-9/h1-3,8-9,14H,4-7H2. The monoisotopic (exact) mass is 349 g/mol. The fourth-order valence-corrected chi connectivity index (χ4v) is 4.62. The van der Waals surface area contributed by atoms with Gasteiger partial charge < -0.3 is 9.64 Å². The van der Waals surface area contributed by atoms with Gasteiger partial charge >= 0.3 is 6.61 Å². The summed E-state index contributed by atoms with van der Waals surface area (Å²) in [6.07, 6.45) is 0. The van der Waals surface area contributed by atoms with Gasteiger partial charge in [-0.25, -0.2) is 12.8 Å². The molecule has 3 rings (SSSR count). The van der Waals surface area contributed by atoms with Crippen LogP contribution in [-0.4, -0.2) is 50.4 Å². The highest BCUT2D eigenvalue weighted by Gasteiger charge is 2.45. The predicted octanol–water partition coefficient (Wildman–Crippen LogP) is 1.54. The molecule has 2 aliphatic rings. The van der Waals surface area contributed by atoms with Crippen LogP contribution in [0.25, 0.3) is 0 Å². The molecular formula is C14H14F3NO4S. The Hall–Kier alpha value is -1.77. The molecule has 2 aliphatic heterocycles. The van der Waals surface area contributed by atoms with E-state index in [2.05, 4.69) is 4.74 Å². The predicted molar refractivity (Wildman–Crippen MR) is 74.6 cm³/mol. The molecule has 2 fully saturated rings. The lowest BCUT2D eigenvalue weighted by Gasteiger charge is -2.46. The van der Waals surface area contributed by atoms with Crippen molar-refractivity contribution in [3.05, 3.63) is 29.6 Å².